The molecule has 1 aromatic carbocycles. The van der Waals surface area contributed by atoms with Crippen LogP contribution in [-0.4, -0.2) is 24.0 Å². The third-order valence-electron chi connectivity index (χ3n) is 4.64. The van der Waals surface area contributed by atoms with Gasteiger partial charge in [-0.1, -0.05) is 11.8 Å². The topological polar surface area (TPSA) is 64.9 Å². The number of hydrogen-bond acceptors (Lipinski definition) is 5. The van der Waals surface area contributed by atoms with E-state index < -0.39 is 0 Å². The molecule has 1 aromatic heterocycles. The molecule has 0 unspecified atom stereocenters. The lowest BCUT2D eigenvalue weighted by molar-refractivity contribution is 0.0931. The maximum Gasteiger partial charge on any atom is 0.251 e. The summed E-state index contributed by atoms with van der Waals surface area (Å²) in [7, 11) is 0. The number of carbonyl (C=O) groups is 1. The minimum Gasteiger partial charge on any atom is -0.348 e. The molecule has 2 bridgehead atoms. The molecule has 2 aliphatic rings. The molecule has 3 heterocycles. The number of carbonyl (C=O) groups excluding carboxylic acids is 1. The van der Waals surface area contributed by atoms with Crippen molar-refractivity contribution in [3.63, 3.8) is 0 Å². The highest BCUT2D eigenvalue weighted by atomic mass is 32.2. The summed E-state index contributed by atoms with van der Waals surface area (Å²) in [6, 6.07) is 14.9. The van der Waals surface area contributed by atoms with Gasteiger partial charge in [-0.3, -0.25) is 4.79 Å². The monoisotopic (exact) mass is 355 g/mol. The summed E-state index contributed by atoms with van der Waals surface area (Å²) >= 11 is 3.09. The summed E-state index contributed by atoms with van der Waals surface area (Å²) in [4.78, 5) is 14.2. The minimum atomic E-state index is 0.00814. The standard InChI is InChI=1S/C18H17N3OS2/c19-10-14-6-8-17(24-14)23-13-4-1-11(2-5-13)18(22)21-16-9-12-3-7-15(16)20-12/h1-2,4-6,8,12,15-16,20H,3,7,9H2,(H,21,22)/t12-,15+,16-/m1/s1. The number of thiophene rings is 1. The molecule has 1 amide bonds. The number of hydrogen-bond donors (Lipinski definition) is 2. The van der Waals surface area contributed by atoms with Crippen molar-refractivity contribution >= 4 is 29.0 Å². The minimum absolute atomic E-state index is 0.00814. The van der Waals surface area contributed by atoms with Crippen LogP contribution in [0.1, 0.15) is 34.5 Å². The van der Waals surface area contributed by atoms with E-state index in [0.717, 1.165) is 21.9 Å². The van der Waals surface area contributed by atoms with Crippen molar-refractivity contribution in [1.29, 1.82) is 5.26 Å². The Labute approximate surface area is 149 Å². The Hall–Kier alpha value is -1.81. The van der Waals surface area contributed by atoms with E-state index in [1.165, 1.54) is 17.8 Å². The summed E-state index contributed by atoms with van der Waals surface area (Å²) in [6.07, 6.45) is 3.44. The number of rotatable bonds is 4. The fourth-order valence-electron chi connectivity index (χ4n) is 3.46. The fraction of sp³-hybridized carbons (Fsp3) is 0.333. The molecule has 0 aliphatic carbocycles. The van der Waals surface area contributed by atoms with Crippen LogP contribution in [0.4, 0.5) is 0 Å². The van der Waals surface area contributed by atoms with E-state index in [4.69, 9.17) is 5.26 Å². The van der Waals surface area contributed by atoms with Crippen molar-refractivity contribution in [2.45, 2.75) is 46.5 Å². The van der Waals surface area contributed by atoms with Crippen LogP contribution in [0.2, 0.25) is 0 Å². The predicted molar refractivity (Wildman–Crippen MR) is 95.4 cm³/mol. The Balaban J connectivity index is 1.38. The van der Waals surface area contributed by atoms with Crippen LogP contribution in [-0.2, 0) is 0 Å². The quantitative estimate of drug-likeness (QED) is 0.882. The Bertz CT molecular complexity index is 793. The zero-order valence-electron chi connectivity index (χ0n) is 13.0. The van der Waals surface area contributed by atoms with Crippen molar-refractivity contribution < 1.29 is 4.79 Å². The van der Waals surface area contributed by atoms with E-state index in [9.17, 15) is 4.79 Å². The van der Waals surface area contributed by atoms with Gasteiger partial charge in [-0.2, -0.15) is 5.26 Å². The third kappa shape index (κ3) is 3.20. The predicted octanol–water partition coefficient (Wildman–Crippen LogP) is 3.39. The zero-order valence-corrected chi connectivity index (χ0v) is 14.6. The van der Waals surface area contributed by atoms with Crippen LogP contribution < -0.4 is 10.6 Å². The van der Waals surface area contributed by atoms with Gasteiger partial charge in [0.1, 0.15) is 10.9 Å². The van der Waals surface area contributed by atoms with Gasteiger partial charge >= 0.3 is 0 Å². The van der Waals surface area contributed by atoms with Crippen LogP contribution in [0.5, 0.6) is 0 Å². The molecule has 2 saturated heterocycles. The molecule has 2 N–H and O–H groups in total. The molecule has 3 atom stereocenters. The Morgan fingerprint density at radius 2 is 2.08 bits per heavy atom. The van der Waals surface area contributed by atoms with Gasteiger partial charge in [0.15, 0.2) is 0 Å². The average molecular weight is 355 g/mol. The molecule has 0 saturated carbocycles. The average Bonchev–Trinajstić information content (AvgIpc) is 3.32. The first-order valence-corrected chi connectivity index (χ1v) is 9.69. The first-order valence-electron chi connectivity index (χ1n) is 8.06. The molecule has 122 valence electrons. The van der Waals surface area contributed by atoms with Crippen LogP contribution in [0.3, 0.4) is 0 Å². The number of nitrogens with one attached hydrogen (secondary N) is 2. The second-order valence-corrected chi connectivity index (χ2v) is 8.68. The van der Waals surface area contributed by atoms with Gasteiger partial charge in [-0.25, -0.2) is 0 Å². The summed E-state index contributed by atoms with van der Waals surface area (Å²) in [5, 5.41) is 15.6. The Kier molecular flexibility index (Phi) is 4.31. The highest BCUT2D eigenvalue weighted by Gasteiger charge is 2.39. The molecule has 0 radical (unpaired) electrons. The zero-order chi connectivity index (χ0) is 16.5. The van der Waals surface area contributed by atoms with E-state index in [2.05, 4.69) is 16.7 Å². The van der Waals surface area contributed by atoms with Gasteiger partial charge in [0.25, 0.3) is 5.91 Å². The molecule has 6 heteroatoms. The van der Waals surface area contributed by atoms with Gasteiger partial charge in [-0.05, 0) is 55.7 Å². The Morgan fingerprint density at radius 1 is 1.25 bits per heavy atom. The van der Waals surface area contributed by atoms with E-state index in [0.29, 0.717) is 22.5 Å². The fourth-order valence-corrected chi connectivity index (χ4v) is 5.36. The van der Waals surface area contributed by atoms with Crippen molar-refractivity contribution in [2.24, 2.45) is 0 Å². The summed E-state index contributed by atoms with van der Waals surface area (Å²) in [5.41, 5.74) is 0.700. The summed E-state index contributed by atoms with van der Waals surface area (Å²) in [5.74, 6) is 0.00814. The van der Waals surface area contributed by atoms with Gasteiger partial charge in [0.05, 0.1) is 4.21 Å². The van der Waals surface area contributed by atoms with E-state index in [-0.39, 0.29) is 11.9 Å². The maximum absolute atomic E-state index is 12.4. The van der Waals surface area contributed by atoms with Crippen LogP contribution >= 0.6 is 23.1 Å². The maximum atomic E-state index is 12.4. The first-order chi connectivity index (χ1) is 11.7. The molecule has 2 fully saturated rings. The summed E-state index contributed by atoms with van der Waals surface area (Å²) < 4.78 is 1.08. The van der Waals surface area contributed by atoms with Crippen molar-refractivity contribution in [3.05, 3.63) is 46.8 Å². The highest BCUT2D eigenvalue weighted by molar-refractivity contribution is 8.01. The molecular formula is C18H17N3OS2. The molecule has 24 heavy (non-hydrogen) atoms. The Morgan fingerprint density at radius 3 is 2.71 bits per heavy atom. The van der Waals surface area contributed by atoms with Gasteiger partial charge < -0.3 is 10.6 Å². The van der Waals surface area contributed by atoms with E-state index >= 15 is 0 Å². The van der Waals surface area contributed by atoms with Crippen LogP contribution in [0, 0.1) is 11.3 Å². The number of nitriles is 1. The van der Waals surface area contributed by atoms with Crippen molar-refractivity contribution in [3.8, 4) is 6.07 Å². The van der Waals surface area contributed by atoms with Crippen molar-refractivity contribution in [1.82, 2.24) is 10.6 Å². The molecular weight excluding hydrogens is 338 g/mol. The number of amides is 1. The molecule has 4 nitrogen and oxygen atoms in total. The van der Waals surface area contributed by atoms with Crippen LogP contribution in [0.15, 0.2) is 45.5 Å². The normalized spacial score (nSPS) is 24.7. The highest BCUT2D eigenvalue weighted by Crippen LogP contribution is 2.33. The third-order valence-corrected chi connectivity index (χ3v) is 6.77. The number of benzene rings is 1. The van der Waals surface area contributed by atoms with Gasteiger partial charge in [-0.15, -0.1) is 11.3 Å². The lowest BCUT2D eigenvalue weighted by Gasteiger charge is -2.21. The summed E-state index contributed by atoms with van der Waals surface area (Å²) in [6.45, 7) is 0. The van der Waals surface area contributed by atoms with Gasteiger partial charge in [0.2, 0.25) is 0 Å². The molecule has 2 aliphatic heterocycles. The largest absolute Gasteiger partial charge is 0.348 e. The molecule has 4 rings (SSSR count). The number of fused-ring (bicyclic) bond motifs is 2. The second-order valence-electron chi connectivity index (χ2n) is 6.22. The number of nitrogens with zero attached hydrogens (tertiary/aromatic N) is 1. The molecule has 0 spiro atoms. The van der Waals surface area contributed by atoms with Crippen molar-refractivity contribution in [2.75, 3.05) is 0 Å². The second kappa shape index (κ2) is 6.60. The van der Waals surface area contributed by atoms with Gasteiger partial charge in [0, 0.05) is 28.6 Å². The molecule has 2 aromatic rings. The smallest absolute Gasteiger partial charge is 0.251 e. The van der Waals surface area contributed by atoms with E-state index in [1.54, 1.807) is 11.8 Å². The van der Waals surface area contributed by atoms with E-state index in [1.807, 2.05) is 36.4 Å². The lowest BCUT2D eigenvalue weighted by Crippen LogP contribution is -2.42. The SMILES string of the molecule is N#Cc1ccc(Sc2ccc(C(=O)N[C@@H]3C[C@H]4CC[C@@H]3N4)cc2)s1. The van der Waals surface area contributed by atoms with Crippen LogP contribution in [0.25, 0.3) is 0 Å². The lowest BCUT2D eigenvalue weighted by atomic mass is 9.95. The first kappa shape index (κ1) is 15.7.